The van der Waals surface area contributed by atoms with Gasteiger partial charge in [-0.1, -0.05) is 35.9 Å². The fourth-order valence-electron chi connectivity index (χ4n) is 3.10. The maximum Gasteiger partial charge on any atom is 0.343 e. The summed E-state index contributed by atoms with van der Waals surface area (Å²) < 4.78 is 17.0. The van der Waals surface area contributed by atoms with Gasteiger partial charge in [0.1, 0.15) is 11.5 Å². The van der Waals surface area contributed by atoms with E-state index in [0.29, 0.717) is 28.5 Å². The van der Waals surface area contributed by atoms with E-state index in [1.54, 1.807) is 48.5 Å². The first-order valence-corrected chi connectivity index (χ1v) is 10.1. The van der Waals surface area contributed by atoms with Gasteiger partial charge in [0.2, 0.25) is 18.0 Å². The maximum atomic E-state index is 12.2. The monoisotopic (exact) mass is 430 g/mol. The van der Waals surface area contributed by atoms with Crippen molar-refractivity contribution < 1.29 is 23.8 Å². The number of aryl methyl sites for hydroxylation is 1. The summed E-state index contributed by atoms with van der Waals surface area (Å²) in [5.41, 5.74) is 2.28. The van der Waals surface area contributed by atoms with Gasteiger partial charge in [0.25, 0.3) is 0 Å². The van der Waals surface area contributed by atoms with Gasteiger partial charge in [-0.25, -0.2) is 4.79 Å². The Balaban J connectivity index is 1.41. The topological polar surface area (TPSA) is 77.4 Å². The van der Waals surface area contributed by atoms with Crippen molar-refractivity contribution in [2.75, 3.05) is 6.61 Å². The molecule has 0 fully saturated rings. The van der Waals surface area contributed by atoms with Gasteiger partial charge >= 0.3 is 5.97 Å². The van der Waals surface area contributed by atoms with Crippen LogP contribution in [0.15, 0.2) is 84.0 Å². The number of nitrogens with zero attached hydrogens (tertiary/aromatic N) is 2. The molecule has 1 aliphatic heterocycles. The van der Waals surface area contributed by atoms with E-state index in [4.69, 9.17) is 14.2 Å². The van der Waals surface area contributed by atoms with Crippen LogP contribution in [-0.4, -0.2) is 29.4 Å². The molecule has 4 rings (SSSR count). The lowest BCUT2D eigenvalue weighted by Gasteiger charge is -2.19. The summed E-state index contributed by atoms with van der Waals surface area (Å²) in [7, 11) is 0. The van der Waals surface area contributed by atoms with Crippen molar-refractivity contribution in [3.63, 3.8) is 0 Å². The third-order valence-corrected chi connectivity index (χ3v) is 4.78. The highest BCUT2D eigenvalue weighted by Gasteiger charge is 2.32. The predicted octanol–water partition coefficient (Wildman–Crippen LogP) is 4.48. The fraction of sp³-hybridized carbons (Fsp3) is 0.160. The third kappa shape index (κ3) is 4.95. The van der Waals surface area contributed by atoms with Crippen LogP contribution < -0.4 is 9.47 Å². The van der Waals surface area contributed by atoms with E-state index in [1.807, 2.05) is 37.3 Å². The lowest BCUT2D eigenvalue weighted by atomic mass is 10.2. The molecular formula is C25H22N2O5. The molecule has 3 aromatic rings. The van der Waals surface area contributed by atoms with Gasteiger partial charge < -0.3 is 14.2 Å². The summed E-state index contributed by atoms with van der Waals surface area (Å²) in [6.07, 6.45) is -0.719. The molecule has 0 bridgehead atoms. The Kier molecular flexibility index (Phi) is 6.17. The van der Waals surface area contributed by atoms with Gasteiger partial charge in [-0.3, -0.25) is 4.79 Å². The fourth-order valence-corrected chi connectivity index (χ4v) is 3.10. The number of hydrazone groups is 1. The molecular weight excluding hydrogens is 408 g/mol. The zero-order valence-electron chi connectivity index (χ0n) is 17.7. The molecule has 32 heavy (non-hydrogen) atoms. The molecule has 7 nitrogen and oxygen atoms in total. The second kappa shape index (κ2) is 9.34. The second-order valence-corrected chi connectivity index (χ2v) is 7.25. The van der Waals surface area contributed by atoms with E-state index >= 15 is 0 Å². The highest BCUT2D eigenvalue weighted by molar-refractivity contribution is 5.91. The minimum absolute atomic E-state index is 0.0934. The average molecular weight is 430 g/mol. The van der Waals surface area contributed by atoms with Crippen LogP contribution in [0.3, 0.4) is 0 Å². The standard InChI is InChI=1S/C25H22N2O5/c1-17-8-12-21(13-9-17)30-16-23-26-27(18(2)28)24(32-23)19-10-14-22(15-11-19)31-25(29)20-6-4-3-5-7-20/h3-15,24H,16H2,1-2H3/t24-/m1/s1. The van der Waals surface area contributed by atoms with Crippen LogP contribution in [0.4, 0.5) is 0 Å². The highest BCUT2D eigenvalue weighted by atomic mass is 16.6. The molecule has 0 aromatic heterocycles. The van der Waals surface area contributed by atoms with E-state index in [9.17, 15) is 9.59 Å². The molecule has 0 N–H and O–H groups in total. The summed E-state index contributed by atoms with van der Waals surface area (Å²) in [6.45, 7) is 3.51. The Labute approximate surface area is 185 Å². The summed E-state index contributed by atoms with van der Waals surface area (Å²) in [6, 6.07) is 23.1. The average Bonchev–Trinajstić information content (AvgIpc) is 3.24. The zero-order chi connectivity index (χ0) is 22.5. The third-order valence-electron chi connectivity index (χ3n) is 4.78. The molecule has 1 atom stereocenters. The van der Waals surface area contributed by atoms with Crippen molar-refractivity contribution in [1.29, 1.82) is 0 Å². The SMILES string of the molecule is CC(=O)N1N=C(COc2ccc(C)cc2)O[C@@H]1c1ccc(OC(=O)c2ccccc2)cc1. The maximum absolute atomic E-state index is 12.2. The number of hydrogen-bond acceptors (Lipinski definition) is 6. The van der Waals surface area contributed by atoms with Gasteiger partial charge in [-0.15, -0.1) is 5.10 Å². The first kappa shape index (κ1) is 21.1. The van der Waals surface area contributed by atoms with Gasteiger partial charge in [0.05, 0.1) is 5.56 Å². The molecule has 7 heteroatoms. The molecule has 162 valence electrons. The van der Waals surface area contributed by atoms with E-state index in [0.717, 1.165) is 5.56 Å². The molecule has 0 aliphatic carbocycles. The Bertz CT molecular complexity index is 1130. The normalized spacial score (nSPS) is 15.0. The number of amides is 1. The van der Waals surface area contributed by atoms with Crippen LogP contribution in [0.1, 0.15) is 34.6 Å². The molecule has 0 saturated carbocycles. The molecule has 1 amide bonds. The Morgan fingerprint density at radius 2 is 1.59 bits per heavy atom. The molecule has 1 aliphatic rings. The summed E-state index contributed by atoms with van der Waals surface area (Å²) in [4.78, 5) is 24.3. The number of benzene rings is 3. The lowest BCUT2D eigenvalue weighted by molar-refractivity contribution is -0.135. The first-order chi connectivity index (χ1) is 15.5. The highest BCUT2D eigenvalue weighted by Crippen LogP contribution is 2.30. The van der Waals surface area contributed by atoms with Crippen LogP contribution in [0, 0.1) is 6.92 Å². The number of carbonyl (C=O) groups excluding carboxylic acids is 2. The number of ether oxygens (including phenoxy) is 3. The van der Waals surface area contributed by atoms with Crippen molar-refractivity contribution >= 4 is 17.8 Å². The van der Waals surface area contributed by atoms with Crippen LogP contribution in [-0.2, 0) is 9.53 Å². The van der Waals surface area contributed by atoms with Crippen molar-refractivity contribution in [2.45, 2.75) is 20.1 Å². The minimum Gasteiger partial charge on any atom is -0.484 e. The van der Waals surface area contributed by atoms with Crippen molar-refractivity contribution in [3.8, 4) is 11.5 Å². The first-order valence-electron chi connectivity index (χ1n) is 10.1. The Morgan fingerprint density at radius 1 is 0.938 bits per heavy atom. The number of rotatable bonds is 6. The van der Waals surface area contributed by atoms with Crippen molar-refractivity contribution in [1.82, 2.24) is 5.01 Å². The lowest BCUT2D eigenvalue weighted by Crippen LogP contribution is -2.25. The number of carbonyl (C=O) groups is 2. The van der Waals surface area contributed by atoms with Gasteiger partial charge in [-0.2, -0.15) is 5.01 Å². The molecule has 0 spiro atoms. The van der Waals surface area contributed by atoms with E-state index in [2.05, 4.69) is 5.10 Å². The van der Waals surface area contributed by atoms with Gasteiger partial charge in [0, 0.05) is 12.5 Å². The minimum atomic E-state index is -0.719. The summed E-state index contributed by atoms with van der Waals surface area (Å²) in [5.74, 6) is 0.660. The Hall–Kier alpha value is -4.13. The van der Waals surface area contributed by atoms with Crippen LogP contribution in [0.2, 0.25) is 0 Å². The molecule has 0 saturated heterocycles. The second-order valence-electron chi connectivity index (χ2n) is 7.25. The van der Waals surface area contributed by atoms with Crippen LogP contribution in [0.25, 0.3) is 0 Å². The molecule has 3 aromatic carbocycles. The molecule has 1 heterocycles. The van der Waals surface area contributed by atoms with Crippen LogP contribution >= 0.6 is 0 Å². The quantitative estimate of drug-likeness (QED) is 0.426. The van der Waals surface area contributed by atoms with Crippen LogP contribution in [0.5, 0.6) is 11.5 Å². The van der Waals surface area contributed by atoms with E-state index in [-0.39, 0.29) is 12.5 Å². The molecule has 0 unspecified atom stereocenters. The van der Waals surface area contributed by atoms with Gasteiger partial charge in [-0.05, 0) is 55.5 Å². The largest absolute Gasteiger partial charge is 0.484 e. The predicted molar refractivity (Wildman–Crippen MR) is 118 cm³/mol. The smallest absolute Gasteiger partial charge is 0.343 e. The van der Waals surface area contributed by atoms with Crippen molar-refractivity contribution in [3.05, 3.63) is 95.6 Å². The van der Waals surface area contributed by atoms with Crippen molar-refractivity contribution in [2.24, 2.45) is 5.10 Å². The molecule has 0 radical (unpaired) electrons. The van der Waals surface area contributed by atoms with E-state index < -0.39 is 12.2 Å². The van der Waals surface area contributed by atoms with E-state index in [1.165, 1.54) is 11.9 Å². The number of esters is 1. The summed E-state index contributed by atoms with van der Waals surface area (Å²) >= 11 is 0. The van der Waals surface area contributed by atoms with Gasteiger partial charge in [0.15, 0.2) is 6.61 Å². The Morgan fingerprint density at radius 3 is 2.25 bits per heavy atom. The zero-order valence-corrected chi connectivity index (χ0v) is 17.7. The summed E-state index contributed by atoms with van der Waals surface area (Å²) in [5, 5.41) is 5.52. The number of hydrogen-bond donors (Lipinski definition) is 0.